The number of allylic oxidation sites excluding steroid dienone is 2. The van der Waals surface area contributed by atoms with E-state index in [2.05, 4.69) is 33.9 Å². The van der Waals surface area contributed by atoms with Crippen LogP contribution in [0.5, 0.6) is 0 Å². The molecule has 1 aromatic rings. The van der Waals surface area contributed by atoms with Gasteiger partial charge in [0.2, 0.25) is 0 Å². The molecule has 2 aliphatic heterocycles. The summed E-state index contributed by atoms with van der Waals surface area (Å²) in [6.45, 7) is 0.130. The average Bonchev–Trinajstić information content (AvgIpc) is 2.49. The summed E-state index contributed by atoms with van der Waals surface area (Å²) in [7, 11) is 0. The second-order valence-corrected chi connectivity index (χ2v) is 4.37. The molecule has 0 spiro atoms. The van der Waals surface area contributed by atoms with Crippen molar-refractivity contribution in [3.05, 3.63) is 42.3 Å². The first kappa shape index (κ1) is 11.2. The zero-order chi connectivity index (χ0) is 12.2. The molecular formula is C13H13B2N3. The van der Waals surface area contributed by atoms with E-state index in [9.17, 15) is 0 Å². The number of rotatable bonds is 2. The van der Waals surface area contributed by atoms with Gasteiger partial charge in [-0.25, -0.2) is 0 Å². The second-order valence-electron chi connectivity index (χ2n) is 4.37. The van der Waals surface area contributed by atoms with Crippen molar-refractivity contribution in [2.24, 2.45) is 9.81 Å². The smallest absolute Gasteiger partial charge is 0.339 e. The molecule has 3 nitrogen and oxygen atoms in total. The molecule has 0 fully saturated rings. The molecule has 86 valence electrons. The lowest BCUT2D eigenvalue weighted by Gasteiger charge is -2.10. The molecule has 18 heavy (non-hydrogen) atoms. The van der Waals surface area contributed by atoms with Gasteiger partial charge in [0, 0.05) is 11.2 Å². The number of hydrogen-bond acceptors (Lipinski definition) is 3. The van der Waals surface area contributed by atoms with Crippen molar-refractivity contribution < 1.29 is 0 Å². The lowest BCUT2D eigenvalue weighted by atomic mass is 9.56. The highest BCUT2D eigenvalue weighted by Crippen LogP contribution is 1.99. The minimum absolute atomic E-state index is 0.0650. The van der Waals surface area contributed by atoms with Crippen LogP contribution in [0.2, 0.25) is 0 Å². The third-order valence-electron chi connectivity index (χ3n) is 3.05. The quantitative estimate of drug-likeness (QED) is 0.689. The average molecular weight is 233 g/mol. The molecule has 0 aromatic carbocycles. The molecule has 1 aromatic heterocycles. The van der Waals surface area contributed by atoms with Crippen molar-refractivity contribution in [3.63, 3.8) is 0 Å². The summed E-state index contributed by atoms with van der Waals surface area (Å²) in [6, 6.07) is 6.09. The summed E-state index contributed by atoms with van der Waals surface area (Å²) in [6.07, 6.45) is 9.99. The Balaban J connectivity index is 1.88. The maximum absolute atomic E-state index is 4.69. The SMILES string of the molecule is C1=CB(c2cccc(B3C=CCC=N3)n2)N=CC1. The molecule has 5 heteroatoms. The largest absolute Gasteiger partial charge is 0.355 e. The van der Waals surface area contributed by atoms with Crippen LogP contribution in [0.25, 0.3) is 0 Å². The van der Waals surface area contributed by atoms with Crippen molar-refractivity contribution >= 4 is 37.3 Å². The van der Waals surface area contributed by atoms with Crippen LogP contribution in [0.4, 0.5) is 0 Å². The Morgan fingerprint density at radius 1 is 0.833 bits per heavy atom. The fraction of sp³-hybridized carbons (Fsp3) is 0.154. The highest BCUT2D eigenvalue weighted by Gasteiger charge is 2.20. The van der Waals surface area contributed by atoms with E-state index in [-0.39, 0.29) is 13.7 Å². The minimum atomic E-state index is 0.0650. The Bertz CT molecular complexity index is 480. The molecule has 3 heterocycles. The van der Waals surface area contributed by atoms with E-state index in [0.717, 1.165) is 24.0 Å². The fourth-order valence-electron chi connectivity index (χ4n) is 2.13. The highest BCUT2D eigenvalue weighted by atomic mass is 14.8. The van der Waals surface area contributed by atoms with Crippen LogP contribution in [0.3, 0.4) is 0 Å². The van der Waals surface area contributed by atoms with Gasteiger partial charge >= 0.3 is 13.7 Å². The van der Waals surface area contributed by atoms with E-state index in [0.29, 0.717) is 0 Å². The summed E-state index contributed by atoms with van der Waals surface area (Å²) in [5, 5.41) is 0. The van der Waals surface area contributed by atoms with E-state index >= 15 is 0 Å². The highest BCUT2D eigenvalue weighted by molar-refractivity contribution is 6.78. The van der Waals surface area contributed by atoms with Gasteiger partial charge in [0.15, 0.2) is 0 Å². The lowest BCUT2D eigenvalue weighted by molar-refractivity contribution is 1.39. The molecular weight excluding hydrogens is 220 g/mol. The Morgan fingerprint density at radius 2 is 1.39 bits per heavy atom. The molecule has 0 amide bonds. The first-order chi connectivity index (χ1) is 8.93. The first-order valence-corrected chi connectivity index (χ1v) is 6.27. The van der Waals surface area contributed by atoms with Crippen LogP contribution in [0.1, 0.15) is 12.8 Å². The van der Waals surface area contributed by atoms with Gasteiger partial charge in [-0.3, -0.25) is 4.98 Å². The normalized spacial score (nSPS) is 17.6. The predicted molar refractivity (Wildman–Crippen MR) is 79.5 cm³/mol. The standard InChI is InChI=1S/C13H13B2N3/c1-3-10-16-14(8-1)12-6-5-7-13(18-12)15-9-2-4-11-17-15/h1-2,5-11H,3-4H2. The van der Waals surface area contributed by atoms with E-state index in [4.69, 9.17) is 4.98 Å². The van der Waals surface area contributed by atoms with E-state index in [1.165, 1.54) is 0 Å². The zero-order valence-electron chi connectivity index (χ0n) is 10.1. The predicted octanol–water partition coefficient (Wildman–Crippen LogP) is 0.618. The van der Waals surface area contributed by atoms with Crippen molar-refractivity contribution in [2.45, 2.75) is 12.8 Å². The molecule has 0 aliphatic carbocycles. The van der Waals surface area contributed by atoms with Crippen LogP contribution in [-0.4, -0.2) is 31.1 Å². The van der Waals surface area contributed by atoms with E-state index in [1.54, 1.807) is 0 Å². The Labute approximate surface area is 108 Å². The van der Waals surface area contributed by atoms with Gasteiger partial charge in [-0.05, 0) is 37.4 Å². The van der Waals surface area contributed by atoms with E-state index < -0.39 is 0 Å². The third-order valence-corrected chi connectivity index (χ3v) is 3.05. The molecule has 0 bridgehead atoms. The van der Waals surface area contributed by atoms with Gasteiger partial charge in [-0.15, -0.1) is 0 Å². The van der Waals surface area contributed by atoms with Crippen molar-refractivity contribution in [1.29, 1.82) is 0 Å². The van der Waals surface area contributed by atoms with Gasteiger partial charge < -0.3 is 9.81 Å². The van der Waals surface area contributed by atoms with Gasteiger partial charge in [-0.1, -0.05) is 30.2 Å². The topological polar surface area (TPSA) is 37.6 Å². The molecule has 2 aliphatic rings. The second kappa shape index (κ2) is 5.17. The summed E-state index contributed by atoms with van der Waals surface area (Å²) in [4.78, 5) is 13.6. The molecule has 0 N–H and O–H groups in total. The number of pyridine rings is 1. The molecule has 0 radical (unpaired) electrons. The Kier molecular flexibility index (Phi) is 3.22. The van der Waals surface area contributed by atoms with E-state index in [1.807, 2.05) is 30.6 Å². The van der Waals surface area contributed by atoms with Crippen LogP contribution >= 0.6 is 0 Å². The summed E-state index contributed by atoms with van der Waals surface area (Å²) in [5.74, 6) is 4.21. The van der Waals surface area contributed by atoms with Crippen molar-refractivity contribution in [1.82, 2.24) is 4.98 Å². The number of aromatic nitrogens is 1. The van der Waals surface area contributed by atoms with Gasteiger partial charge in [-0.2, -0.15) is 0 Å². The monoisotopic (exact) mass is 233 g/mol. The van der Waals surface area contributed by atoms with Gasteiger partial charge in [0.25, 0.3) is 0 Å². The lowest BCUT2D eigenvalue weighted by Crippen LogP contribution is -2.40. The van der Waals surface area contributed by atoms with Crippen LogP contribution in [0, 0.1) is 0 Å². The first-order valence-electron chi connectivity index (χ1n) is 6.27. The van der Waals surface area contributed by atoms with Crippen LogP contribution in [0.15, 0.2) is 52.1 Å². The Morgan fingerprint density at radius 3 is 1.83 bits per heavy atom. The third kappa shape index (κ3) is 2.35. The maximum atomic E-state index is 4.69. The molecule has 0 atom stereocenters. The fourth-order valence-corrected chi connectivity index (χ4v) is 2.13. The summed E-state index contributed by atoms with van der Waals surface area (Å²) < 4.78 is 0. The van der Waals surface area contributed by atoms with Gasteiger partial charge in [0.1, 0.15) is 0 Å². The summed E-state index contributed by atoms with van der Waals surface area (Å²) in [5.41, 5.74) is 1.99. The summed E-state index contributed by atoms with van der Waals surface area (Å²) >= 11 is 0. The minimum Gasteiger partial charge on any atom is -0.339 e. The van der Waals surface area contributed by atoms with Crippen LogP contribution < -0.4 is 11.2 Å². The van der Waals surface area contributed by atoms with Crippen molar-refractivity contribution in [3.8, 4) is 0 Å². The maximum Gasteiger partial charge on any atom is 0.355 e. The number of nitrogens with zero attached hydrogens (tertiary/aromatic N) is 3. The molecule has 0 saturated carbocycles. The molecule has 0 saturated heterocycles. The van der Waals surface area contributed by atoms with Crippen LogP contribution in [-0.2, 0) is 0 Å². The zero-order valence-corrected chi connectivity index (χ0v) is 10.1. The number of hydrogen-bond donors (Lipinski definition) is 0. The Hall–Kier alpha value is -1.90. The van der Waals surface area contributed by atoms with Gasteiger partial charge in [0.05, 0.1) is 0 Å². The molecule has 3 rings (SSSR count). The van der Waals surface area contributed by atoms with Crippen molar-refractivity contribution in [2.75, 3.05) is 0 Å². The molecule has 0 unspecified atom stereocenters.